The van der Waals surface area contributed by atoms with E-state index in [0.717, 1.165) is 39.1 Å². The number of oxime groups is 1. The summed E-state index contributed by atoms with van der Waals surface area (Å²) in [5.74, 6) is -0.919. The summed E-state index contributed by atoms with van der Waals surface area (Å²) < 4.78 is 10.1. The second kappa shape index (κ2) is 25.7. The summed E-state index contributed by atoms with van der Waals surface area (Å²) in [6.45, 7) is 11.3. The highest BCUT2D eigenvalue weighted by Gasteiger charge is 2.52. The normalized spacial score (nSPS) is 15.7. The fraction of sp³-hybridized carbons (Fsp3) is 0.245. The molecule has 7 rings (SSSR count). The van der Waals surface area contributed by atoms with Gasteiger partial charge >= 0.3 is 5.97 Å². The van der Waals surface area contributed by atoms with Gasteiger partial charge in [0.15, 0.2) is 17.2 Å². The summed E-state index contributed by atoms with van der Waals surface area (Å²) in [5, 5.41) is 23.5. The van der Waals surface area contributed by atoms with E-state index in [1.807, 2.05) is 126 Å². The minimum Gasteiger partial charge on any atom is -0.478 e. The summed E-state index contributed by atoms with van der Waals surface area (Å²) in [5.41, 5.74) is 3.94. The fourth-order valence-corrected chi connectivity index (χ4v) is 6.56. The summed E-state index contributed by atoms with van der Waals surface area (Å²) in [7, 11) is 3.03. The minimum atomic E-state index is -0.896. The Bertz CT molecular complexity index is 2440. The third kappa shape index (κ3) is 18.2. The lowest BCUT2D eigenvalue weighted by molar-refractivity contribution is -0.0757. The SMILES string of the molecule is CC(C)=CC(=O)c1ccc(Br)cc1.CC1(C)OC1C(=O)c1ccc(Br)cc1.CC1(C)ON=C(c2ccc(Br)cc2)C1O.CON(C)C(=O)c1ccc(Br)cc1.O=C(O)c1ccc(Br)cc1. The number of benzene rings is 5. The number of carboxylic acids is 1. The Kier molecular flexibility index (Phi) is 21.8. The molecular formula is C49H49Br5N2O9. The van der Waals surface area contributed by atoms with E-state index in [1.165, 1.54) is 12.2 Å². The number of hydrogen-bond donors (Lipinski definition) is 2. The zero-order valence-corrected chi connectivity index (χ0v) is 44.7. The van der Waals surface area contributed by atoms with Gasteiger partial charge in [0.05, 0.1) is 18.3 Å². The van der Waals surface area contributed by atoms with Crippen molar-refractivity contribution in [2.75, 3.05) is 14.2 Å². The standard InChI is InChI=1S/C11H12BrNO2.C11H11BrO2.C11H11BrO.C9H10BrNO2.C7H5BrO2/c1-11(2)10(14)9(13-15-11)7-3-5-8(12)6-4-7;1-11(2)10(14-11)9(13)7-3-5-8(12)6-4-7;1-8(2)7-11(13)9-3-5-10(12)6-4-9;1-11(13-2)9(12)7-3-5-8(10)6-4-7;8-6-3-1-5(2-4-6)7(9)10/h3-6,10,14H,1-2H3;3-6,10H,1-2H3;3-7H,1-2H3;3-6H,1-2H3;1-4H,(H,9,10). The van der Waals surface area contributed by atoms with Crippen LogP contribution >= 0.6 is 79.6 Å². The first-order valence-corrected chi connectivity index (χ1v) is 23.6. The predicted molar refractivity (Wildman–Crippen MR) is 272 cm³/mol. The Morgan fingerprint density at radius 1 is 0.631 bits per heavy atom. The summed E-state index contributed by atoms with van der Waals surface area (Å²) in [4.78, 5) is 55.0. The molecule has 2 aliphatic heterocycles. The highest BCUT2D eigenvalue weighted by Crippen LogP contribution is 2.37. The third-order valence-corrected chi connectivity index (χ3v) is 11.7. The zero-order valence-electron chi connectivity index (χ0n) is 36.8. The number of allylic oxidation sites excluding steroid dienone is 2. The molecular weight excluding hydrogens is 1160 g/mol. The largest absolute Gasteiger partial charge is 0.478 e. The molecule has 2 heterocycles. The summed E-state index contributed by atoms with van der Waals surface area (Å²) in [6.07, 6.45) is 0.700. The van der Waals surface area contributed by atoms with Crippen LogP contribution in [0.5, 0.6) is 0 Å². The first-order valence-electron chi connectivity index (χ1n) is 19.6. The zero-order chi connectivity index (χ0) is 48.6. The van der Waals surface area contributed by atoms with E-state index in [4.69, 9.17) is 19.5 Å². The number of carbonyl (C=O) groups is 4. The van der Waals surface area contributed by atoms with Crippen LogP contribution in [0.1, 0.15) is 88.5 Å². The first-order chi connectivity index (χ1) is 30.4. The molecule has 1 saturated heterocycles. The monoisotopic (exact) mass is 1200 g/mol. The average Bonchev–Trinajstić information content (AvgIpc) is 3.82. The molecule has 1 amide bonds. The number of rotatable bonds is 8. The Morgan fingerprint density at radius 3 is 1.34 bits per heavy atom. The number of aliphatic hydroxyl groups is 1. The predicted octanol–water partition coefficient (Wildman–Crippen LogP) is 13.0. The quantitative estimate of drug-likeness (QED) is 0.0668. The molecule has 11 nitrogen and oxygen atoms in total. The number of hydroxylamine groups is 2. The second-order valence-electron chi connectivity index (χ2n) is 15.5. The number of ketones is 2. The number of epoxide rings is 1. The van der Waals surface area contributed by atoms with Crippen LogP contribution in [0.15, 0.2) is 160 Å². The van der Waals surface area contributed by atoms with Gasteiger partial charge in [-0.1, -0.05) is 115 Å². The number of halogens is 5. The van der Waals surface area contributed by atoms with Crippen LogP contribution in [0.3, 0.4) is 0 Å². The van der Waals surface area contributed by atoms with Crippen molar-refractivity contribution in [1.29, 1.82) is 0 Å². The number of carbonyl (C=O) groups excluding carboxylic acids is 3. The van der Waals surface area contributed by atoms with Gasteiger partial charge in [0.1, 0.15) is 17.9 Å². The smallest absolute Gasteiger partial charge is 0.335 e. The number of aromatic carboxylic acids is 1. The van der Waals surface area contributed by atoms with Crippen molar-refractivity contribution < 1.29 is 43.8 Å². The molecule has 2 unspecified atom stereocenters. The highest BCUT2D eigenvalue weighted by molar-refractivity contribution is 9.11. The van der Waals surface area contributed by atoms with Crippen molar-refractivity contribution in [2.24, 2.45) is 5.16 Å². The first kappa shape index (κ1) is 55.2. The average molecular weight is 1210 g/mol. The van der Waals surface area contributed by atoms with Crippen molar-refractivity contribution in [3.63, 3.8) is 0 Å². The number of ether oxygens (including phenoxy) is 1. The Balaban J connectivity index is 0.000000217. The van der Waals surface area contributed by atoms with E-state index in [0.29, 0.717) is 22.4 Å². The molecule has 2 atom stereocenters. The van der Waals surface area contributed by atoms with Gasteiger partial charge in [-0.15, -0.1) is 0 Å². The van der Waals surface area contributed by atoms with Crippen molar-refractivity contribution in [1.82, 2.24) is 5.06 Å². The molecule has 0 aromatic heterocycles. The van der Waals surface area contributed by atoms with Crippen LogP contribution in [-0.4, -0.2) is 82.0 Å². The number of amides is 1. The van der Waals surface area contributed by atoms with E-state index in [-0.39, 0.29) is 29.2 Å². The molecule has 344 valence electrons. The van der Waals surface area contributed by atoms with Crippen LogP contribution in [0.25, 0.3) is 0 Å². The number of carboxylic acid groups (broad SMARTS) is 1. The van der Waals surface area contributed by atoms with Crippen LogP contribution < -0.4 is 0 Å². The van der Waals surface area contributed by atoms with Gasteiger partial charge in [-0.05, 0) is 145 Å². The van der Waals surface area contributed by atoms with Crippen LogP contribution in [0, 0.1) is 0 Å². The number of aliphatic hydroxyl groups excluding tert-OH is 1. The number of hydrogen-bond acceptors (Lipinski definition) is 9. The van der Waals surface area contributed by atoms with Crippen LogP contribution in [0.2, 0.25) is 0 Å². The lowest BCUT2D eigenvalue weighted by Crippen LogP contribution is -2.38. The van der Waals surface area contributed by atoms with E-state index in [1.54, 1.807) is 49.5 Å². The Labute approximate surface area is 421 Å². The lowest BCUT2D eigenvalue weighted by Gasteiger charge is -2.20. The lowest BCUT2D eigenvalue weighted by atomic mass is 9.94. The highest BCUT2D eigenvalue weighted by atomic mass is 79.9. The maximum atomic E-state index is 11.8. The van der Waals surface area contributed by atoms with Gasteiger partial charge in [0, 0.05) is 51.7 Å². The number of Topliss-reactive ketones (excluding diaryl/α,β-unsaturated/α-hetero) is 1. The molecule has 0 bridgehead atoms. The molecule has 0 aliphatic carbocycles. The van der Waals surface area contributed by atoms with Gasteiger partial charge < -0.3 is 19.8 Å². The molecule has 0 radical (unpaired) electrons. The summed E-state index contributed by atoms with van der Waals surface area (Å²) in [6, 6.07) is 35.9. The van der Waals surface area contributed by atoms with E-state index < -0.39 is 17.7 Å². The molecule has 5 aromatic rings. The Hall–Kier alpha value is -4.13. The molecule has 0 spiro atoms. The second-order valence-corrected chi connectivity index (χ2v) is 20.0. The van der Waals surface area contributed by atoms with Gasteiger partial charge in [-0.3, -0.25) is 19.2 Å². The maximum absolute atomic E-state index is 11.8. The van der Waals surface area contributed by atoms with Crippen LogP contribution in [-0.2, 0) is 14.4 Å². The van der Waals surface area contributed by atoms with Crippen molar-refractivity contribution in [3.8, 4) is 0 Å². The molecule has 5 aromatic carbocycles. The van der Waals surface area contributed by atoms with E-state index >= 15 is 0 Å². The van der Waals surface area contributed by atoms with Gasteiger partial charge in [0.25, 0.3) is 5.91 Å². The molecule has 0 saturated carbocycles. The third-order valence-electron chi connectivity index (χ3n) is 9.09. The molecule has 16 heteroatoms. The van der Waals surface area contributed by atoms with Gasteiger partial charge in [-0.2, -0.15) is 0 Å². The minimum absolute atomic E-state index is 0.0625. The van der Waals surface area contributed by atoms with Crippen LogP contribution in [0.4, 0.5) is 0 Å². The fourth-order valence-electron chi connectivity index (χ4n) is 5.24. The topological polar surface area (TPSA) is 155 Å². The molecule has 1 fully saturated rings. The van der Waals surface area contributed by atoms with Crippen molar-refractivity contribution in [2.45, 2.75) is 65.0 Å². The molecule has 2 N–H and O–H groups in total. The van der Waals surface area contributed by atoms with Crippen molar-refractivity contribution in [3.05, 3.63) is 183 Å². The summed E-state index contributed by atoms with van der Waals surface area (Å²) >= 11 is 16.5. The van der Waals surface area contributed by atoms with Crippen molar-refractivity contribution >= 4 is 109 Å². The molecule has 65 heavy (non-hydrogen) atoms. The molecule has 2 aliphatic rings. The van der Waals surface area contributed by atoms with E-state index in [2.05, 4.69) is 84.8 Å². The Morgan fingerprint density at radius 2 is 1.00 bits per heavy atom. The maximum Gasteiger partial charge on any atom is 0.335 e. The van der Waals surface area contributed by atoms with E-state index in [9.17, 15) is 24.3 Å². The van der Waals surface area contributed by atoms with Gasteiger partial charge in [-0.25, -0.2) is 9.86 Å². The van der Waals surface area contributed by atoms with Gasteiger partial charge in [0.2, 0.25) is 0 Å². The number of nitrogens with zero attached hydrogens (tertiary/aromatic N) is 2.